The number of aliphatic hydroxyl groups is 2. The van der Waals surface area contributed by atoms with Crippen molar-refractivity contribution >= 4 is 28.8 Å². The first-order chi connectivity index (χ1) is 22.1. The Morgan fingerprint density at radius 2 is 1.59 bits per heavy atom. The number of imidazole rings is 1. The Labute approximate surface area is 263 Å². The van der Waals surface area contributed by atoms with Gasteiger partial charge in [-0.1, -0.05) is 72.8 Å². The molecule has 0 bridgehead atoms. The molecule has 5 aromatic rings. The van der Waals surface area contributed by atoms with Crippen molar-refractivity contribution in [3.8, 4) is 0 Å². The summed E-state index contributed by atoms with van der Waals surface area (Å²) in [4.78, 5) is 25.8. The van der Waals surface area contributed by atoms with Crippen LogP contribution in [0.1, 0.15) is 47.1 Å². The Hall–Kier alpha value is -4.98. The molecule has 1 saturated heterocycles. The molecule has 46 heavy (non-hydrogen) atoms. The highest BCUT2D eigenvalue weighted by molar-refractivity contribution is 5.94. The second-order valence-electron chi connectivity index (χ2n) is 11.4. The van der Waals surface area contributed by atoms with Gasteiger partial charge in [0, 0.05) is 11.6 Å². The second kappa shape index (κ2) is 12.1. The number of amides is 1. The van der Waals surface area contributed by atoms with Crippen molar-refractivity contribution in [2.75, 3.05) is 17.7 Å². The summed E-state index contributed by atoms with van der Waals surface area (Å²) >= 11 is 0. The van der Waals surface area contributed by atoms with E-state index in [9.17, 15) is 15.0 Å². The summed E-state index contributed by atoms with van der Waals surface area (Å²) in [6.45, 7) is 2.96. The molecule has 3 atom stereocenters. The number of carbonyl (C=O) groups is 1. The van der Waals surface area contributed by atoms with Crippen LogP contribution in [0.15, 0.2) is 91.3 Å². The first-order valence-electron chi connectivity index (χ1n) is 14.7. The molecule has 1 fully saturated rings. The van der Waals surface area contributed by atoms with E-state index >= 15 is 8.78 Å². The first kappa shape index (κ1) is 31.0. The first-order valence-corrected chi connectivity index (χ1v) is 14.7. The van der Waals surface area contributed by atoms with Gasteiger partial charge in [0.05, 0.1) is 12.9 Å². The zero-order valence-electron chi connectivity index (χ0n) is 25.0. The van der Waals surface area contributed by atoms with Gasteiger partial charge in [0.25, 0.3) is 5.91 Å². The van der Waals surface area contributed by atoms with Crippen LogP contribution in [0.5, 0.6) is 0 Å². The fourth-order valence-electron chi connectivity index (χ4n) is 5.80. The molecule has 3 aromatic carbocycles. The summed E-state index contributed by atoms with van der Waals surface area (Å²) in [5, 5.41) is 26.1. The highest BCUT2D eigenvalue weighted by atomic mass is 19.3. The van der Waals surface area contributed by atoms with Crippen LogP contribution in [-0.4, -0.2) is 66.4 Å². The molecule has 0 radical (unpaired) electrons. The fourth-order valence-corrected chi connectivity index (χ4v) is 5.80. The lowest BCUT2D eigenvalue weighted by atomic mass is 9.76. The van der Waals surface area contributed by atoms with Crippen molar-refractivity contribution in [1.82, 2.24) is 24.8 Å². The lowest BCUT2D eigenvalue weighted by molar-refractivity contribution is -0.138. The lowest BCUT2D eigenvalue weighted by Crippen LogP contribution is -2.39. The largest absolute Gasteiger partial charge is 0.394 e. The van der Waals surface area contributed by atoms with Gasteiger partial charge < -0.3 is 31.3 Å². The Balaban J connectivity index is 1.54. The van der Waals surface area contributed by atoms with Crippen LogP contribution in [0.3, 0.4) is 0 Å². The topological polar surface area (TPSA) is 160 Å². The van der Waals surface area contributed by atoms with Crippen molar-refractivity contribution in [2.45, 2.75) is 49.8 Å². The predicted molar refractivity (Wildman–Crippen MR) is 167 cm³/mol. The number of carbonyl (C=O) groups excluding carboxylic acids is 1. The number of rotatable bonds is 9. The molecule has 238 valence electrons. The number of fused-ring (bicyclic) bond motifs is 1. The number of nitrogen functional groups attached to an aromatic ring is 1. The number of benzene rings is 3. The fraction of sp³-hybridized carbons (Fsp3) is 0.273. The van der Waals surface area contributed by atoms with Crippen molar-refractivity contribution in [1.29, 1.82) is 0 Å². The zero-order valence-corrected chi connectivity index (χ0v) is 25.0. The maximum atomic E-state index is 15.2. The number of ether oxygens (including phenoxy) is 1. The molecule has 3 heterocycles. The van der Waals surface area contributed by atoms with Crippen molar-refractivity contribution in [3.05, 3.63) is 114 Å². The number of nitrogens with zero attached hydrogens (tertiary/aromatic N) is 4. The van der Waals surface area contributed by atoms with Crippen molar-refractivity contribution in [2.24, 2.45) is 0 Å². The Morgan fingerprint density at radius 1 is 1.00 bits per heavy atom. The molecule has 11 nitrogen and oxygen atoms in total. The average Bonchev–Trinajstić information content (AvgIpc) is 3.57. The molecule has 0 spiro atoms. The van der Waals surface area contributed by atoms with Gasteiger partial charge in [-0.25, -0.2) is 4.98 Å². The van der Waals surface area contributed by atoms with Gasteiger partial charge >= 0.3 is 5.92 Å². The number of anilines is 2. The van der Waals surface area contributed by atoms with Crippen LogP contribution in [0.2, 0.25) is 0 Å². The van der Waals surface area contributed by atoms with Crippen LogP contribution >= 0.6 is 0 Å². The van der Waals surface area contributed by atoms with E-state index in [1.54, 1.807) is 12.1 Å². The van der Waals surface area contributed by atoms with E-state index in [1.807, 2.05) is 86.6 Å². The third-order valence-electron chi connectivity index (χ3n) is 7.97. The smallest absolute Gasteiger partial charge is 0.320 e. The zero-order chi connectivity index (χ0) is 32.6. The number of halogens is 2. The number of alkyl halides is 2. The van der Waals surface area contributed by atoms with E-state index in [2.05, 4.69) is 25.6 Å². The summed E-state index contributed by atoms with van der Waals surface area (Å²) in [6.07, 6.45) is -4.65. The number of aliphatic hydroxyl groups excluding tert-OH is 2. The van der Waals surface area contributed by atoms with Crippen LogP contribution < -0.4 is 16.4 Å². The summed E-state index contributed by atoms with van der Waals surface area (Å²) in [5.41, 5.74) is 7.85. The summed E-state index contributed by atoms with van der Waals surface area (Å²) in [5.74, 6) is -4.07. The van der Waals surface area contributed by atoms with E-state index < -0.39 is 36.5 Å². The Bertz CT molecular complexity index is 1800. The van der Waals surface area contributed by atoms with Gasteiger partial charge in [-0.15, -0.1) is 0 Å². The number of aromatic nitrogens is 4. The number of hydrogen-bond donors (Lipinski definition) is 5. The molecule has 2 aromatic heterocycles. The second-order valence-corrected chi connectivity index (χ2v) is 11.4. The maximum absolute atomic E-state index is 15.2. The highest BCUT2D eigenvalue weighted by Crippen LogP contribution is 2.45. The standard InChI is InChI=1S/C33H33F2N7O4/c1-19(2)38-29(45)20-13-15-23(16-14-20)32(21-9-5-3-6-10-21,22-11-7-4-8-12-22)41-27-25-28(40-31(36)39-27)42(18-37-25)30-33(34,35)26(44)24(17-43)46-30/h3-16,18-19,24,26,30,43-44H,17H2,1-2H3,(H,38,45)(H3,36,39,40,41)/t24-,26-,30-/m1/s1. The molecular weight excluding hydrogens is 596 g/mol. The minimum Gasteiger partial charge on any atom is -0.394 e. The molecule has 1 aliphatic heterocycles. The molecular formula is C33H33F2N7O4. The SMILES string of the molecule is CC(C)NC(=O)c1ccc(C(Nc2nc(N)nc3c2ncn3[C@@H]2O[C@H](CO)[C@@H](O)C2(F)F)(c2ccccc2)c2ccccc2)cc1. The molecule has 13 heteroatoms. The van der Waals surface area contributed by atoms with Gasteiger partial charge in [0.1, 0.15) is 11.6 Å². The normalized spacial score (nSPS) is 19.4. The Kier molecular flexibility index (Phi) is 8.15. The van der Waals surface area contributed by atoms with Gasteiger partial charge in [-0.2, -0.15) is 18.7 Å². The molecule has 0 unspecified atom stereocenters. The van der Waals surface area contributed by atoms with E-state index in [-0.39, 0.29) is 34.9 Å². The van der Waals surface area contributed by atoms with Crippen LogP contribution in [0.4, 0.5) is 20.5 Å². The Morgan fingerprint density at radius 3 is 2.13 bits per heavy atom. The van der Waals surface area contributed by atoms with Crippen molar-refractivity contribution in [3.63, 3.8) is 0 Å². The molecule has 6 rings (SSSR count). The minimum absolute atomic E-state index is 0.0422. The van der Waals surface area contributed by atoms with Crippen LogP contribution in [0.25, 0.3) is 11.2 Å². The van der Waals surface area contributed by atoms with Gasteiger partial charge in [0.15, 0.2) is 23.1 Å². The monoisotopic (exact) mass is 629 g/mol. The molecule has 0 aliphatic carbocycles. The lowest BCUT2D eigenvalue weighted by Gasteiger charge is -2.37. The summed E-state index contributed by atoms with van der Waals surface area (Å²) in [6, 6.07) is 26.2. The summed E-state index contributed by atoms with van der Waals surface area (Å²) < 4.78 is 36.7. The minimum atomic E-state index is -3.77. The highest BCUT2D eigenvalue weighted by Gasteiger charge is 2.59. The molecule has 1 aliphatic rings. The van der Waals surface area contributed by atoms with Crippen LogP contribution in [-0.2, 0) is 10.3 Å². The van der Waals surface area contributed by atoms with Crippen molar-refractivity contribution < 1.29 is 28.5 Å². The van der Waals surface area contributed by atoms with E-state index in [0.717, 1.165) is 27.6 Å². The molecule has 1 amide bonds. The molecule has 6 N–H and O–H groups in total. The van der Waals surface area contributed by atoms with Gasteiger partial charge in [-0.3, -0.25) is 9.36 Å². The van der Waals surface area contributed by atoms with E-state index in [4.69, 9.17) is 10.5 Å². The number of nitrogens with one attached hydrogen (secondary N) is 2. The van der Waals surface area contributed by atoms with Gasteiger partial charge in [0.2, 0.25) is 12.2 Å². The number of hydrogen-bond acceptors (Lipinski definition) is 9. The average molecular weight is 630 g/mol. The quantitative estimate of drug-likeness (QED) is 0.153. The number of nitrogens with two attached hydrogens (primary N) is 1. The maximum Gasteiger partial charge on any atom is 0.320 e. The van der Waals surface area contributed by atoms with E-state index in [1.165, 1.54) is 0 Å². The van der Waals surface area contributed by atoms with Crippen LogP contribution in [0, 0.1) is 0 Å². The third kappa shape index (κ3) is 5.31. The predicted octanol–water partition coefficient (Wildman–Crippen LogP) is 3.84. The molecule has 0 saturated carbocycles. The third-order valence-corrected chi connectivity index (χ3v) is 7.97. The van der Waals surface area contributed by atoms with Gasteiger partial charge in [-0.05, 0) is 42.7 Å². The van der Waals surface area contributed by atoms with E-state index in [0.29, 0.717) is 5.56 Å². The summed E-state index contributed by atoms with van der Waals surface area (Å²) in [7, 11) is 0.